The number of quaternary nitrogens is 1. The fourth-order valence-electron chi connectivity index (χ4n) is 1.47. The van der Waals surface area contributed by atoms with E-state index < -0.39 is 0 Å². The Bertz CT molecular complexity index is 315. The van der Waals surface area contributed by atoms with Gasteiger partial charge in [-0.25, -0.2) is 0 Å². The van der Waals surface area contributed by atoms with Crippen molar-refractivity contribution in [3.63, 3.8) is 0 Å². The summed E-state index contributed by atoms with van der Waals surface area (Å²) in [4.78, 5) is 0. The molecule has 0 atom stereocenters. The van der Waals surface area contributed by atoms with Gasteiger partial charge in [0.25, 0.3) is 0 Å². The molecule has 0 unspecified atom stereocenters. The average Bonchev–Trinajstić information content (AvgIpc) is 2.26. The molecule has 0 amide bonds. The Kier molecular flexibility index (Phi) is 6.50. The molecule has 1 aromatic carbocycles. The maximum atomic E-state index is 5.69. The standard InChI is InChI=1S/C13H20BrNO/c1-3-4-7-15-8-9-16-13-6-5-11(2)10-12(13)14/h5-6,10,15H,3-4,7-9H2,1-2H3/p+1. The van der Waals surface area contributed by atoms with Gasteiger partial charge in [0, 0.05) is 0 Å². The van der Waals surface area contributed by atoms with Crippen molar-refractivity contribution in [1.82, 2.24) is 0 Å². The van der Waals surface area contributed by atoms with E-state index in [-0.39, 0.29) is 0 Å². The number of rotatable bonds is 7. The van der Waals surface area contributed by atoms with Crippen molar-refractivity contribution in [3.8, 4) is 5.75 Å². The van der Waals surface area contributed by atoms with Gasteiger partial charge in [-0.05, 0) is 47.0 Å². The number of hydrogen-bond acceptors (Lipinski definition) is 1. The zero-order chi connectivity index (χ0) is 11.8. The molecule has 0 fully saturated rings. The first-order valence-corrected chi connectivity index (χ1v) is 6.74. The van der Waals surface area contributed by atoms with Crippen LogP contribution in [-0.2, 0) is 0 Å². The Balaban J connectivity index is 2.21. The minimum absolute atomic E-state index is 0.769. The van der Waals surface area contributed by atoms with Gasteiger partial charge in [-0.15, -0.1) is 0 Å². The predicted octanol–water partition coefficient (Wildman–Crippen LogP) is 2.50. The lowest BCUT2D eigenvalue weighted by atomic mass is 10.2. The van der Waals surface area contributed by atoms with Crippen molar-refractivity contribution in [1.29, 1.82) is 0 Å². The number of hydrogen-bond donors (Lipinski definition) is 1. The summed E-state index contributed by atoms with van der Waals surface area (Å²) in [5.41, 5.74) is 1.24. The summed E-state index contributed by atoms with van der Waals surface area (Å²) in [5.74, 6) is 0.939. The van der Waals surface area contributed by atoms with Crippen LogP contribution in [0.1, 0.15) is 25.3 Å². The summed E-state index contributed by atoms with van der Waals surface area (Å²) in [6.07, 6.45) is 2.55. The van der Waals surface area contributed by atoms with Crippen molar-refractivity contribution in [2.45, 2.75) is 26.7 Å². The van der Waals surface area contributed by atoms with Gasteiger partial charge in [-0.3, -0.25) is 0 Å². The number of ether oxygens (including phenoxy) is 1. The third-order valence-electron chi connectivity index (χ3n) is 2.43. The zero-order valence-electron chi connectivity index (χ0n) is 10.1. The SMILES string of the molecule is CCCC[NH2+]CCOc1ccc(C)cc1Br. The van der Waals surface area contributed by atoms with Crippen LogP contribution in [0.5, 0.6) is 5.75 Å². The molecular weight excluding hydrogens is 266 g/mol. The van der Waals surface area contributed by atoms with Gasteiger partial charge in [0.2, 0.25) is 0 Å². The number of halogens is 1. The highest BCUT2D eigenvalue weighted by Crippen LogP contribution is 2.25. The Morgan fingerprint density at radius 3 is 2.81 bits per heavy atom. The minimum atomic E-state index is 0.769. The average molecular weight is 287 g/mol. The molecule has 3 heteroatoms. The molecule has 0 aliphatic carbocycles. The summed E-state index contributed by atoms with van der Waals surface area (Å²) in [7, 11) is 0. The first-order chi connectivity index (χ1) is 7.74. The van der Waals surface area contributed by atoms with Crippen LogP contribution in [0.4, 0.5) is 0 Å². The molecule has 16 heavy (non-hydrogen) atoms. The molecule has 0 saturated carbocycles. The van der Waals surface area contributed by atoms with Crippen LogP contribution in [0.3, 0.4) is 0 Å². The normalized spacial score (nSPS) is 10.4. The lowest BCUT2D eigenvalue weighted by molar-refractivity contribution is -0.655. The van der Waals surface area contributed by atoms with E-state index in [4.69, 9.17) is 4.74 Å². The van der Waals surface area contributed by atoms with E-state index >= 15 is 0 Å². The molecule has 1 rings (SSSR count). The molecule has 0 aromatic heterocycles. The third-order valence-corrected chi connectivity index (χ3v) is 3.05. The van der Waals surface area contributed by atoms with Crippen LogP contribution >= 0.6 is 15.9 Å². The third kappa shape index (κ3) is 4.99. The second-order valence-electron chi connectivity index (χ2n) is 4.00. The highest BCUT2D eigenvalue weighted by Gasteiger charge is 2.00. The molecule has 2 nitrogen and oxygen atoms in total. The molecule has 0 spiro atoms. The van der Waals surface area contributed by atoms with Crippen LogP contribution in [0.2, 0.25) is 0 Å². The van der Waals surface area contributed by atoms with E-state index in [1.165, 1.54) is 24.9 Å². The minimum Gasteiger partial charge on any atom is -0.487 e. The molecule has 0 aliphatic rings. The summed E-state index contributed by atoms with van der Waals surface area (Å²) < 4.78 is 6.74. The number of nitrogens with two attached hydrogens (primary N) is 1. The summed E-state index contributed by atoms with van der Waals surface area (Å²) in [6, 6.07) is 6.17. The fraction of sp³-hybridized carbons (Fsp3) is 0.538. The number of unbranched alkanes of at least 4 members (excludes halogenated alkanes) is 1. The second kappa shape index (κ2) is 7.69. The lowest BCUT2D eigenvalue weighted by Gasteiger charge is -2.08. The summed E-state index contributed by atoms with van der Waals surface area (Å²) >= 11 is 3.51. The smallest absolute Gasteiger partial charge is 0.137 e. The van der Waals surface area contributed by atoms with Crippen LogP contribution < -0.4 is 10.1 Å². The van der Waals surface area contributed by atoms with E-state index in [1.54, 1.807) is 0 Å². The van der Waals surface area contributed by atoms with Crippen LogP contribution in [0, 0.1) is 6.92 Å². The quantitative estimate of drug-likeness (QED) is 0.766. The van der Waals surface area contributed by atoms with Gasteiger partial charge < -0.3 is 10.1 Å². The highest BCUT2D eigenvalue weighted by molar-refractivity contribution is 9.10. The zero-order valence-corrected chi connectivity index (χ0v) is 11.7. The van der Waals surface area contributed by atoms with E-state index in [0.717, 1.165) is 23.4 Å². The molecule has 0 radical (unpaired) electrons. The van der Waals surface area contributed by atoms with E-state index in [2.05, 4.69) is 47.2 Å². The first kappa shape index (κ1) is 13.5. The van der Waals surface area contributed by atoms with Crippen LogP contribution in [0.15, 0.2) is 22.7 Å². The molecular formula is C13H21BrNO+. The van der Waals surface area contributed by atoms with Crippen molar-refractivity contribution >= 4 is 15.9 Å². The molecule has 90 valence electrons. The van der Waals surface area contributed by atoms with Crippen LogP contribution in [0.25, 0.3) is 0 Å². The van der Waals surface area contributed by atoms with Gasteiger partial charge in [0.05, 0.1) is 11.0 Å². The lowest BCUT2D eigenvalue weighted by Crippen LogP contribution is -2.85. The fourth-order valence-corrected chi connectivity index (χ4v) is 2.08. The molecule has 1 aromatic rings. The Hall–Kier alpha value is -0.540. The molecule has 2 N–H and O–H groups in total. The van der Waals surface area contributed by atoms with Crippen molar-refractivity contribution in [2.75, 3.05) is 19.7 Å². The Morgan fingerprint density at radius 2 is 2.12 bits per heavy atom. The highest BCUT2D eigenvalue weighted by atomic mass is 79.9. The number of benzene rings is 1. The first-order valence-electron chi connectivity index (χ1n) is 5.94. The van der Waals surface area contributed by atoms with Gasteiger partial charge >= 0.3 is 0 Å². The molecule has 0 bridgehead atoms. The van der Waals surface area contributed by atoms with Crippen molar-refractivity contribution in [3.05, 3.63) is 28.2 Å². The molecule has 0 saturated heterocycles. The summed E-state index contributed by atoms with van der Waals surface area (Å²) in [5, 5.41) is 2.31. The van der Waals surface area contributed by atoms with Crippen molar-refractivity contribution in [2.24, 2.45) is 0 Å². The predicted molar refractivity (Wildman–Crippen MR) is 70.9 cm³/mol. The van der Waals surface area contributed by atoms with Gasteiger partial charge in [-0.1, -0.05) is 19.4 Å². The topological polar surface area (TPSA) is 25.8 Å². The van der Waals surface area contributed by atoms with Gasteiger partial charge in [0.1, 0.15) is 18.9 Å². The molecule has 0 heterocycles. The monoisotopic (exact) mass is 286 g/mol. The van der Waals surface area contributed by atoms with E-state index in [1.807, 2.05) is 6.07 Å². The van der Waals surface area contributed by atoms with Gasteiger partial charge in [0.15, 0.2) is 0 Å². The van der Waals surface area contributed by atoms with E-state index in [0.29, 0.717) is 0 Å². The van der Waals surface area contributed by atoms with E-state index in [9.17, 15) is 0 Å². The Labute approximate surface area is 107 Å². The van der Waals surface area contributed by atoms with Crippen molar-refractivity contribution < 1.29 is 10.1 Å². The maximum Gasteiger partial charge on any atom is 0.137 e. The maximum absolute atomic E-state index is 5.69. The Morgan fingerprint density at radius 1 is 1.31 bits per heavy atom. The van der Waals surface area contributed by atoms with Crippen LogP contribution in [-0.4, -0.2) is 19.7 Å². The summed E-state index contributed by atoms with van der Waals surface area (Å²) in [6.45, 7) is 7.29. The van der Waals surface area contributed by atoms with Gasteiger partial charge in [-0.2, -0.15) is 0 Å². The largest absolute Gasteiger partial charge is 0.487 e. The molecule has 0 aliphatic heterocycles. The number of aryl methyl sites for hydroxylation is 1. The second-order valence-corrected chi connectivity index (χ2v) is 4.86.